The Morgan fingerprint density at radius 1 is 1.17 bits per heavy atom. The van der Waals surface area contributed by atoms with Crippen molar-refractivity contribution in [3.8, 4) is 0 Å². The summed E-state index contributed by atoms with van der Waals surface area (Å²) in [7, 11) is -3.37. The van der Waals surface area contributed by atoms with Gasteiger partial charge in [0.25, 0.3) is 10.1 Å². The van der Waals surface area contributed by atoms with E-state index in [-0.39, 0.29) is 11.9 Å². The van der Waals surface area contributed by atoms with Gasteiger partial charge in [-0.15, -0.1) is 0 Å². The highest BCUT2D eigenvalue weighted by atomic mass is 32.2. The van der Waals surface area contributed by atoms with Crippen LogP contribution in [0.2, 0.25) is 0 Å². The van der Waals surface area contributed by atoms with Crippen LogP contribution in [0.15, 0.2) is 30.3 Å². The Hall–Kier alpha value is -0.870. The number of unbranched alkanes of at least 4 members (excludes halogenated alkanes) is 2. The van der Waals surface area contributed by atoms with Crippen molar-refractivity contribution in [2.75, 3.05) is 5.75 Å². The van der Waals surface area contributed by atoms with Crippen LogP contribution in [0.25, 0.3) is 0 Å². The maximum atomic E-state index is 11.7. The van der Waals surface area contributed by atoms with Crippen LogP contribution in [0.4, 0.5) is 0 Å². The first kappa shape index (κ1) is 15.2. The zero-order valence-electron chi connectivity index (χ0n) is 11.1. The highest BCUT2D eigenvalue weighted by molar-refractivity contribution is 7.86. The van der Waals surface area contributed by atoms with Crippen LogP contribution in [0, 0.1) is 0 Å². The van der Waals surface area contributed by atoms with Gasteiger partial charge in [0.15, 0.2) is 0 Å². The summed E-state index contributed by atoms with van der Waals surface area (Å²) in [5.41, 5.74) is 1.09. The van der Waals surface area contributed by atoms with Crippen LogP contribution in [0.3, 0.4) is 0 Å². The van der Waals surface area contributed by atoms with Gasteiger partial charge in [0.1, 0.15) is 0 Å². The van der Waals surface area contributed by atoms with Crippen molar-refractivity contribution in [2.45, 2.75) is 45.6 Å². The molecule has 0 bridgehead atoms. The van der Waals surface area contributed by atoms with Gasteiger partial charge in [0.2, 0.25) is 0 Å². The minimum atomic E-state index is -3.37. The van der Waals surface area contributed by atoms with Crippen molar-refractivity contribution < 1.29 is 12.6 Å². The summed E-state index contributed by atoms with van der Waals surface area (Å²) in [5, 5.41) is 0. The van der Waals surface area contributed by atoms with Crippen LogP contribution < -0.4 is 0 Å². The lowest BCUT2D eigenvalue weighted by molar-refractivity contribution is 0.229. The van der Waals surface area contributed by atoms with E-state index in [1.54, 1.807) is 6.92 Å². The summed E-state index contributed by atoms with van der Waals surface area (Å²) in [6.45, 7) is 3.84. The normalized spacial score (nSPS) is 13.4. The largest absolute Gasteiger partial charge is 0.267 e. The van der Waals surface area contributed by atoms with E-state index in [0.717, 1.165) is 18.4 Å². The van der Waals surface area contributed by atoms with Crippen molar-refractivity contribution in [3.05, 3.63) is 35.9 Å². The second-order valence-electron chi connectivity index (χ2n) is 4.57. The third-order valence-corrected chi connectivity index (χ3v) is 4.09. The molecule has 1 atom stereocenters. The molecular formula is C14H22O3S. The Balaban J connectivity index is 2.41. The molecule has 0 aliphatic carbocycles. The molecule has 1 rings (SSSR count). The molecule has 0 unspecified atom stereocenters. The van der Waals surface area contributed by atoms with E-state index in [0.29, 0.717) is 12.8 Å². The SMILES string of the molecule is CCCCCS(=O)(=O)O[C@@H](C)Cc1ccccc1. The molecule has 0 amide bonds. The molecule has 0 saturated heterocycles. The molecule has 1 aromatic rings. The van der Waals surface area contributed by atoms with Gasteiger partial charge in [-0.2, -0.15) is 8.42 Å². The molecule has 0 aliphatic rings. The van der Waals surface area contributed by atoms with Gasteiger partial charge in [0, 0.05) is 0 Å². The smallest absolute Gasteiger partial charge is 0.267 e. The second-order valence-corrected chi connectivity index (χ2v) is 6.28. The monoisotopic (exact) mass is 270 g/mol. The molecule has 0 N–H and O–H groups in total. The lowest BCUT2D eigenvalue weighted by Gasteiger charge is -2.13. The molecule has 3 nitrogen and oxygen atoms in total. The zero-order chi connectivity index (χ0) is 13.4. The minimum absolute atomic E-state index is 0.125. The molecule has 18 heavy (non-hydrogen) atoms. The highest BCUT2D eigenvalue weighted by Crippen LogP contribution is 2.10. The van der Waals surface area contributed by atoms with Gasteiger partial charge in [-0.1, -0.05) is 50.1 Å². The van der Waals surface area contributed by atoms with Crippen LogP contribution in [0.5, 0.6) is 0 Å². The fraction of sp³-hybridized carbons (Fsp3) is 0.571. The van der Waals surface area contributed by atoms with E-state index >= 15 is 0 Å². The molecule has 102 valence electrons. The van der Waals surface area contributed by atoms with Crippen molar-refractivity contribution in [1.82, 2.24) is 0 Å². The summed E-state index contributed by atoms with van der Waals surface area (Å²) in [4.78, 5) is 0. The molecule has 0 saturated carbocycles. The maximum absolute atomic E-state index is 11.7. The highest BCUT2D eigenvalue weighted by Gasteiger charge is 2.15. The molecule has 0 aliphatic heterocycles. The number of hydrogen-bond acceptors (Lipinski definition) is 3. The minimum Gasteiger partial charge on any atom is -0.267 e. The molecule has 0 spiro atoms. The average Bonchev–Trinajstić information content (AvgIpc) is 2.29. The quantitative estimate of drug-likeness (QED) is 0.538. The lowest BCUT2D eigenvalue weighted by Crippen LogP contribution is -2.20. The Bertz CT molecular complexity index is 426. The van der Waals surface area contributed by atoms with E-state index in [2.05, 4.69) is 0 Å². The molecule has 4 heteroatoms. The summed E-state index contributed by atoms with van der Waals surface area (Å²) in [5.74, 6) is 0.125. The Labute approximate surface area is 110 Å². The number of hydrogen-bond donors (Lipinski definition) is 0. The van der Waals surface area contributed by atoms with Crippen molar-refractivity contribution in [1.29, 1.82) is 0 Å². The topological polar surface area (TPSA) is 43.4 Å². The Morgan fingerprint density at radius 2 is 1.83 bits per heavy atom. The van der Waals surface area contributed by atoms with Gasteiger partial charge in [-0.3, -0.25) is 4.18 Å². The van der Waals surface area contributed by atoms with Gasteiger partial charge in [-0.05, 0) is 25.3 Å². The summed E-state index contributed by atoms with van der Waals surface area (Å²) < 4.78 is 28.5. The maximum Gasteiger partial charge on any atom is 0.267 e. The lowest BCUT2D eigenvalue weighted by atomic mass is 10.1. The molecule has 1 aromatic carbocycles. The number of rotatable bonds is 8. The summed E-state index contributed by atoms with van der Waals surface area (Å²) >= 11 is 0. The van der Waals surface area contributed by atoms with Crippen molar-refractivity contribution in [2.24, 2.45) is 0 Å². The third-order valence-electron chi connectivity index (χ3n) is 2.67. The van der Waals surface area contributed by atoms with Crippen molar-refractivity contribution in [3.63, 3.8) is 0 Å². The van der Waals surface area contributed by atoms with Gasteiger partial charge >= 0.3 is 0 Å². The standard InChI is InChI=1S/C14H22O3S/c1-3-4-8-11-18(15,16)17-13(2)12-14-9-6-5-7-10-14/h5-7,9-10,13H,3-4,8,11-12H2,1-2H3/t13-/m0/s1. The summed E-state index contributed by atoms with van der Waals surface area (Å²) in [6, 6.07) is 9.78. The average molecular weight is 270 g/mol. The molecule has 0 fully saturated rings. The van der Waals surface area contributed by atoms with Crippen molar-refractivity contribution >= 4 is 10.1 Å². The summed E-state index contributed by atoms with van der Waals surface area (Å²) in [6.07, 6.45) is 2.93. The molecule has 0 heterocycles. The predicted octanol–water partition coefficient (Wildman–Crippen LogP) is 3.15. The van der Waals surface area contributed by atoms with Crippen LogP contribution in [0.1, 0.15) is 38.7 Å². The van der Waals surface area contributed by atoms with E-state index < -0.39 is 10.1 Å². The second kappa shape index (κ2) is 7.54. The fourth-order valence-corrected chi connectivity index (χ4v) is 3.03. The zero-order valence-corrected chi connectivity index (χ0v) is 11.9. The predicted molar refractivity (Wildman–Crippen MR) is 74.0 cm³/mol. The first-order valence-electron chi connectivity index (χ1n) is 6.48. The molecular weight excluding hydrogens is 248 g/mol. The van der Waals surface area contributed by atoms with E-state index in [1.165, 1.54) is 0 Å². The number of benzene rings is 1. The van der Waals surface area contributed by atoms with E-state index in [4.69, 9.17) is 4.18 Å². The van der Waals surface area contributed by atoms with Gasteiger partial charge in [-0.25, -0.2) is 0 Å². The fourth-order valence-electron chi connectivity index (χ4n) is 1.81. The molecule has 0 radical (unpaired) electrons. The first-order valence-corrected chi connectivity index (χ1v) is 8.06. The van der Waals surface area contributed by atoms with E-state index in [9.17, 15) is 8.42 Å². The third kappa shape index (κ3) is 6.17. The molecule has 0 aromatic heterocycles. The first-order chi connectivity index (χ1) is 8.53. The Kier molecular flexibility index (Phi) is 6.36. The van der Waals surface area contributed by atoms with Gasteiger partial charge < -0.3 is 0 Å². The van der Waals surface area contributed by atoms with E-state index in [1.807, 2.05) is 37.3 Å². The van der Waals surface area contributed by atoms with Crippen LogP contribution in [-0.2, 0) is 20.7 Å². The van der Waals surface area contributed by atoms with Crippen LogP contribution >= 0.6 is 0 Å². The van der Waals surface area contributed by atoms with Gasteiger partial charge in [0.05, 0.1) is 11.9 Å². The van der Waals surface area contributed by atoms with Crippen LogP contribution in [-0.4, -0.2) is 20.3 Å². The Morgan fingerprint density at radius 3 is 2.44 bits per heavy atom.